The first-order valence-corrected chi connectivity index (χ1v) is 7.84. The summed E-state index contributed by atoms with van der Waals surface area (Å²) in [6.45, 7) is 0. The Kier molecular flexibility index (Phi) is 3.02. The second-order valence-corrected chi connectivity index (χ2v) is 6.31. The molecule has 2 amide bonds. The third-order valence-electron chi connectivity index (χ3n) is 4.07. The van der Waals surface area contributed by atoms with E-state index >= 15 is 0 Å². The monoisotopic (exact) mass is 369 g/mol. The van der Waals surface area contributed by atoms with Gasteiger partial charge in [-0.05, 0) is 24.3 Å². The van der Waals surface area contributed by atoms with Crippen molar-refractivity contribution in [3.05, 3.63) is 58.5 Å². The van der Waals surface area contributed by atoms with Crippen molar-refractivity contribution in [1.82, 2.24) is 14.9 Å². The molecule has 1 aromatic carbocycles. The average Bonchev–Trinajstić information content (AvgIpc) is 3.23. The summed E-state index contributed by atoms with van der Waals surface area (Å²) in [6, 6.07) is 9.40. The zero-order chi connectivity index (χ0) is 16.1. The maximum Gasteiger partial charge on any atom is 0.263 e. The average molecular weight is 370 g/mol. The number of H-pyrrole nitrogens is 2. The molecular weight excluding hydrogens is 358 g/mol. The molecule has 6 heteroatoms. The van der Waals surface area contributed by atoms with Crippen LogP contribution in [0.5, 0.6) is 0 Å². The fourth-order valence-corrected chi connectivity index (χ4v) is 3.29. The Morgan fingerprint density at radius 2 is 1.83 bits per heavy atom. The molecule has 0 atom stereocenters. The molecule has 1 aliphatic heterocycles. The van der Waals surface area contributed by atoms with E-state index in [-0.39, 0.29) is 11.8 Å². The quantitative estimate of drug-likeness (QED) is 0.681. The molecule has 5 nitrogen and oxygen atoms in total. The third-order valence-corrected chi connectivity index (χ3v) is 4.56. The van der Waals surface area contributed by atoms with Crippen molar-refractivity contribution in [2.45, 2.75) is 0 Å². The third kappa shape index (κ3) is 1.98. The summed E-state index contributed by atoms with van der Waals surface area (Å²) in [5, 5.41) is 0.906. The zero-order valence-corrected chi connectivity index (χ0v) is 13.8. The minimum atomic E-state index is -0.293. The summed E-state index contributed by atoms with van der Waals surface area (Å²) >= 11 is 3.43. The molecule has 23 heavy (non-hydrogen) atoms. The van der Waals surface area contributed by atoms with Crippen molar-refractivity contribution in [3.8, 4) is 0 Å². The van der Waals surface area contributed by atoms with E-state index in [1.807, 2.05) is 24.3 Å². The highest BCUT2D eigenvalue weighted by Gasteiger charge is 2.38. The number of hydrogen-bond donors (Lipinski definition) is 2. The van der Waals surface area contributed by atoms with E-state index in [4.69, 9.17) is 0 Å². The number of benzene rings is 1. The van der Waals surface area contributed by atoms with Gasteiger partial charge in [-0.3, -0.25) is 14.5 Å². The van der Waals surface area contributed by atoms with Crippen LogP contribution in [-0.2, 0) is 9.59 Å². The fourth-order valence-electron chi connectivity index (χ4n) is 2.93. The first-order chi connectivity index (χ1) is 11.1. The van der Waals surface area contributed by atoms with Crippen LogP contribution in [-0.4, -0.2) is 33.7 Å². The molecule has 2 N–H and O–H groups in total. The van der Waals surface area contributed by atoms with Gasteiger partial charge in [0.15, 0.2) is 0 Å². The lowest BCUT2D eigenvalue weighted by molar-refractivity contribution is -0.134. The van der Waals surface area contributed by atoms with Gasteiger partial charge in [-0.1, -0.05) is 22.0 Å². The highest BCUT2D eigenvalue weighted by atomic mass is 79.9. The maximum absolute atomic E-state index is 12.6. The molecule has 3 heterocycles. The topological polar surface area (TPSA) is 69.0 Å². The lowest BCUT2D eigenvalue weighted by Crippen LogP contribution is -2.26. The normalized spacial score (nSPS) is 15.3. The van der Waals surface area contributed by atoms with E-state index in [0.717, 1.165) is 25.8 Å². The maximum atomic E-state index is 12.6. The van der Waals surface area contributed by atoms with E-state index in [2.05, 4.69) is 25.9 Å². The Morgan fingerprint density at radius 3 is 2.57 bits per heavy atom. The van der Waals surface area contributed by atoms with E-state index in [1.54, 1.807) is 18.5 Å². The van der Waals surface area contributed by atoms with Gasteiger partial charge in [0.05, 0.1) is 16.8 Å². The van der Waals surface area contributed by atoms with Crippen LogP contribution in [0.4, 0.5) is 0 Å². The largest absolute Gasteiger partial charge is 0.361 e. The standard InChI is InChI=1S/C17H12BrN3O2/c1-21-16(22)14(15(17(21)23)12-3-2-6-19-12)11-8-20-13-7-9(18)4-5-10(11)13/h2-8,19-20H,1H3. The number of carbonyl (C=O) groups is 2. The summed E-state index contributed by atoms with van der Waals surface area (Å²) in [6.07, 6.45) is 3.52. The van der Waals surface area contributed by atoms with Crippen molar-refractivity contribution in [2.24, 2.45) is 0 Å². The summed E-state index contributed by atoms with van der Waals surface area (Å²) in [5.74, 6) is -0.581. The molecular formula is C17H12BrN3O2. The molecule has 0 spiro atoms. The second kappa shape index (κ2) is 4.96. The zero-order valence-electron chi connectivity index (χ0n) is 12.2. The number of aromatic amines is 2. The van der Waals surface area contributed by atoms with Crippen LogP contribution in [0.25, 0.3) is 22.0 Å². The molecule has 0 aliphatic carbocycles. The first-order valence-electron chi connectivity index (χ1n) is 7.05. The number of nitrogens with one attached hydrogen (secondary N) is 2. The van der Waals surface area contributed by atoms with E-state index < -0.39 is 0 Å². The fraction of sp³-hybridized carbons (Fsp3) is 0.0588. The first kappa shape index (κ1) is 14.0. The lowest BCUT2D eigenvalue weighted by atomic mass is 9.99. The number of imide groups is 1. The number of aromatic nitrogens is 2. The molecule has 0 unspecified atom stereocenters. The Hall–Kier alpha value is -2.60. The Bertz CT molecular complexity index is 983. The van der Waals surface area contributed by atoms with Gasteiger partial charge < -0.3 is 9.97 Å². The summed E-state index contributed by atoms with van der Waals surface area (Å²) in [7, 11) is 1.51. The number of carbonyl (C=O) groups excluding carboxylic acids is 2. The molecule has 1 aliphatic rings. The van der Waals surface area contributed by atoms with Crippen molar-refractivity contribution >= 4 is 49.8 Å². The highest BCUT2D eigenvalue weighted by molar-refractivity contribution is 9.10. The number of likely N-dealkylation sites (N-methyl/N-ethyl adjacent to an activating group) is 1. The molecule has 0 saturated carbocycles. The number of hydrogen-bond acceptors (Lipinski definition) is 2. The van der Waals surface area contributed by atoms with Crippen LogP contribution in [0.15, 0.2) is 47.2 Å². The van der Waals surface area contributed by atoms with Gasteiger partial charge in [0, 0.05) is 40.4 Å². The van der Waals surface area contributed by atoms with Gasteiger partial charge in [-0.2, -0.15) is 0 Å². The SMILES string of the molecule is CN1C(=O)C(c2ccc[nH]2)=C(c2c[nH]c3cc(Br)ccc23)C1=O. The van der Waals surface area contributed by atoms with Crippen LogP contribution in [0.2, 0.25) is 0 Å². The Morgan fingerprint density at radius 1 is 1.04 bits per heavy atom. The van der Waals surface area contributed by atoms with Crippen LogP contribution in [0, 0.1) is 0 Å². The van der Waals surface area contributed by atoms with Gasteiger partial charge in [-0.25, -0.2) is 0 Å². The van der Waals surface area contributed by atoms with Crippen molar-refractivity contribution in [2.75, 3.05) is 7.05 Å². The van der Waals surface area contributed by atoms with Crippen molar-refractivity contribution in [1.29, 1.82) is 0 Å². The molecule has 3 aromatic rings. The highest BCUT2D eigenvalue weighted by Crippen LogP contribution is 2.37. The van der Waals surface area contributed by atoms with Crippen LogP contribution < -0.4 is 0 Å². The summed E-state index contributed by atoms with van der Waals surface area (Å²) in [5.41, 5.74) is 3.12. The van der Waals surface area contributed by atoms with Gasteiger partial charge in [-0.15, -0.1) is 0 Å². The van der Waals surface area contributed by atoms with Crippen LogP contribution in [0.1, 0.15) is 11.3 Å². The molecule has 4 rings (SSSR count). The number of amides is 2. The summed E-state index contributed by atoms with van der Waals surface area (Å²) in [4.78, 5) is 32.5. The number of nitrogens with zero attached hydrogens (tertiary/aromatic N) is 1. The van der Waals surface area contributed by atoms with E-state index in [0.29, 0.717) is 16.8 Å². The van der Waals surface area contributed by atoms with E-state index in [1.165, 1.54) is 7.05 Å². The predicted molar refractivity (Wildman–Crippen MR) is 91.4 cm³/mol. The smallest absolute Gasteiger partial charge is 0.263 e. The molecule has 0 bridgehead atoms. The number of rotatable bonds is 2. The van der Waals surface area contributed by atoms with Crippen LogP contribution >= 0.6 is 15.9 Å². The number of fused-ring (bicyclic) bond motifs is 1. The molecule has 114 valence electrons. The van der Waals surface area contributed by atoms with Gasteiger partial charge in [0.1, 0.15) is 0 Å². The van der Waals surface area contributed by atoms with Crippen LogP contribution in [0.3, 0.4) is 0 Å². The van der Waals surface area contributed by atoms with Crippen molar-refractivity contribution in [3.63, 3.8) is 0 Å². The number of halogens is 1. The molecule has 2 aromatic heterocycles. The van der Waals surface area contributed by atoms with Gasteiger partial charge in [0.2, 0.25) is 0 Å². The lowest BCUT2D eigenvalue weighted by Gasteiger charge is -2.06. The second-order valence-electron chi connectivity index (χ2n) is 5.40. The predicted octanol–water partition coefficient (Wildman–Crippen LogP) is 3.17. The molecule has 0 radical (unpaired) electrons. The van der Waals surface area contributed by atoms with Gasteiger partial charge in [0.25, 0.3) is 11.8 Å². The Balaban J connectivity index is 2.03. The van der Waals surface area contributed by atoms with E-state index in [9.17, 15) is 9.59 Å². The Labute approximate surface area is 140 Å². The summed E-state index contributed by atoms with van der Waals surface area (Å²) < 4.78 is 0.947. The molecule has 0 fully saturated rings. The minimum absolute atomic E-state index is 0.289. The van der Waals surface area contributed by atoms with Gasteiger partial charge >= 0.3 is 0 Å². The molecule has 0 saturated heterocycles. The van der Waals surface area contributed by atoms with Crippen molar-refractivity contribution < 1.29 is 9.59 Å². The minimum Gasteiger partial charge on any atom is -0.361 e.